The van der Waals surface area contributed by atoms with Crippen molar-refractivity contribution in [2.24, 2.45) is 5.41 Å². The topological polar surface area (TPSA) is 43.4 Å². The van der Waals surface area contributed by atoms with E-state index in [0.717, 1.165) is 0 Å². The molecule has 3 nitrogen and oxygen atoms in total. The highest BCUT2D eigenvalue weighted by Crippen LogP contribution is 2.30. The van der Waals surface area contributed by atoms with Crippen molar-refractivity contribution in [1.82, 2.24) is 0 Å². The second-order valence-corrected chi connectivity index (χ2v) is 3.13. The first-order valence-electron chi connectivity index (χ1n) is 4.42. The number of esters is 1. The van der Waals surface area contributed by atoms with Gasteiger partial charge in [-0.25, -0.2) is 0 Å². The lowest BCUT2D eigenvalue weighted by molar-refractivity contribution is -0.158. The Kier molecular flexibility index (Phi) is 4.99. The van der Waals surface area contributed by atoms with Gasteiger partial charge in [0.05, 0.1) is 6.61 Å². The lowest BCUT2D eigenvalue weighted by atomic mass is 9.84. The van der Waals surface area contributed by atoms with Crippen LogP contribution in [0.2, 0.25) is 0 Å². The highest BCUT2D eigenvalue weighted by atomic mass is 35.5. The van der Waals surface area contributed by atoms with E-state index in [0.29, 0.717) is 12.8 Å². The van der Waals surface area contributed by atoms with Gasteiger partial charge in [-0.3, -0.25) is 9.59 Å². The fourth-order valence-electron chi connectivity index (χ4n) is 1.17. The summed E-state index contributed by atoms with van der Waals surface area (Å²) < 4.78 is 4.81. The highest BCUT2D eigenvalue weighted by Gasteiger charge is 2.42. The van der Waals surface area contributed by atoms with Gasteiger partial charge in [0.25, 0.3) is 0 Å². The summed E-state index contributed by atoms with van der Waals surface area (Å²) in [6.45, 7) is 5.47. The van der Waals surface area contributed by atoms with Gasteiger partial charge in [0, 0.05) is 0 Å². The zero-order valence-electron chi connectivity index (χ0n) is 8.22. The van der Waals surface area contributed by atoms with Crippen molar-refractivity contribution in [2.75, 3.05) is 6.61 Å². The van der Waals surface area contributed by atoms with Crippen LogP contribution in [0, 0.1) is 5.41 Å². The third kappa shape index (κ3) is 2.44. The van der Waals surface area contributed by atoms with E-state index in [2.05, 4.69) is 0 Å². The van der Waals surface area contributed by atoms with Crippen LogP contribution in [-0.2, 0) is 14.3 Å². The second-order valence-electron chi connectivity index (χ2n) is 2.78. The van der Waals surface area contributed by atoms with Crippen LogP contribution in [0.5, 0.6) is 0 Å². The van der Waals surface area contributed by atoms with Gasteiger partial charge in [0.1, 0.15) is 5.41 Å². The molecule has 0 aliphatic rings. The lowest BCUT2D eigenvalue weighted by Gasteiger charge is -2.24. The zero-order valence-corrected chi connectivity index (χ0v) is 8.98. The summed E-state index contributed by atoms with van der Waals surface area (Å²) in [7, 11) is 0. The molecule has 0 bridgehead atoms. The summed E-state index contributed by atoms with van der Waals surface area (Å²) >= 11 is 5.39. The first kappa shape index (κ1) is 12.4. The maximum absolute atomic E-state index is 11.4. The molecule has 0 N–H and O–H groups in total. The van der Waals surface area contributed by atoms with Crippen LogP contribution in [0.3, 0.4) is 0 Å². The molecule has 0 radical (unpaired) electrons. The lowest BCUT2D eigenvalue weighted by Crippen LogP contribution is -2.37. The molecule has 0 amide bonds. The van der Waals surface area contributed by atoms with E-state index in [1.807, 2.05) is 0 Å². The fourth-order valence-corrected chi connectivity index (χ4v) is 1.51. The van der Waals surface area contributed by atoms with Gasteiger partial charge in [-0.2, -0.15) is 0 Å². The molecule has 0 saturated heterocycles. The molecule has 76 valence electrons. The summed E-state index contributed by atoms with van der Waals surface area (Å²) in [6, 6.07) is 0. The largest absolute Gasteiger partial charge is 0.465 e. The van der Waals surface area contributed by atoms with Gasteiger partial charge in [0.15, 0.2) is 0 Å². The van der Waals surface area contributed by atoms with E-state index in [1.165, 1.54) is 0 Å². The van der Waals surface area contributed by atoms with E-state index in [-0.39, 0.29) is 6.61 Å². The van der Waals surface area contributed by atoms with Gasteiger partial charge in [0.2, 0.25) is 5.24 Å². The summed E-state index contributed by atoms with van der Waals surface area (Å²) in [5, 5.41) is -0.629. The van der Waals surface area contributed by atoms with E-state index in [4.69, 9.17) is 16.3 Å². The van der Waals surface area contributed by atoms with Crippen molar-refractivity contribution in [2.45, 2.75) is 33.6 Å². The maximum atomic E-state index is 11.4. The Morgan fingerprint density at radius 2 is 1.69 bits per heavy atom. The van der Waals surface area contributed by atoms with Crippen molar-refractivity contribution in [3.8, 4) is 0 Å². The molecule has 0 aliphatic heterocycles. The Morgan fingerprint density at radius 3 is 1.92 bits per heavy atom. The first-order chi connectivity index (χ1) is 6.05. The Morgan fingerprint density at radius 1 is 1.23 bits per heavy atom. The average molecular weight is 207 g/mol. The summed E-state index contributed by atoms with van der Waals surface area (Å²) in [5.41, 5.74) is -1.14. The number of carbonyl (C=O) groups excluding carboxylic acids is 2. The molecule has 0 heterocycles. The van der Waals surface area contributed by atoms with Crippen LogP contribution in [0.1, 0.15) is 33.6 Å². The van der Waals surface area contributed by atoms with Crippen LogP contribution in [0.25, 0.3) is 0 Å². The van der Waals surface area contributed by atoms with Gasteiger partial charge in [-0.1, -0.05) is 13.8 Å². The van der Waals surface area contributed by atoms with Crippen molar-refractivity contribution in [1.29, 1.82) is 0 Å². The molecule has 0 saturated carbocycles. The summed E-state index contributed by atoms with van der Waals surface area (Å²) in [6.07, 6.45) is 0.759. The quantitative estimate of drug-likeness (QED) is 0.393. The number of carbonyl (C=O) groups is 2. The molecule has 0 aromatic rings. The Bertz CT molecular complexity index is 197. The number of hydrogen-bond donors (Lipinski definition) is 0. The molecule has 13 heavy (non-hydrogen) atoms. The summed E-state index contributed by atoms with van der Waals surface area (Å²) in [4.78, 5) is 22.6. The molecule has 0 spiro atoms. The SMILES string of the molecule is CCOC(=O)C(CC)(CC)C(=O)Cl. The smallest absolute Gasteiger partial charge is 0.320 e. The van der Waals surface area contributed by atoms with Gasteiger partial charge < -0.3 is 4.74 Å². The Balaban J connectivity index is 4.75. The minimum Gasteiger partial charge on any atom is -0.465 e. The molecule has 0 aliphatic carbocycles. The summed E-state index contributed by atoms with van der Waals surface area (Å²) in [5.74, 6) is -0.514. The third-order valence-electron chi connectivity index (χ3n) is 2.25. The zero-order chi connectivity index (χ0) is 10.5. The molecular weight excluding hydrogens is 192 g/mol. The van der Waals surface area contributed by atoms with Crippen LogP contribution in [-0.4, -0.2) is 17.8 Å². The average Bonchev–Trinajstić information content (AvgIpc) is 2.07. The number of rotatable bonds is 5. The van der Waals surface area contributed by atoms with Crippen LogP contribution in [0.15, 0.2) is 0 Å². The van der Waals surface area contributed by atoms with Crippen molar-refractivity contribution >= 4 is 22.8 Å². The fraction of sp³-hybridized carbons (Fsp3) is 0.778. The van der Waals surface area contributed by atoms with E-state index in [1.54, 1.807) is 20.8 Å². The molecule has 0 unspecified atom stereocenters. The number of halogens is 1. The van der Waals surface area contributed by atoms with Crippen LogP contribution < -0.4 is 0 Å². The molecule has 0 atom stereocenters. The van der Waals surface area contributed by atoms with Gasteiger partial charge >= 0.3 is 5.97 Å². The van der Waals surface area contributed by atoms with Crippen molar-refractivity contribution < 1.29 is 14.3 Å². The van der Waals surface area contributed by atoms with Crippen molar-refractivity contribution in [3.63, 3.8) is 0 Å². The Hall–Kier alpha value is -0.570. The number of ether oxygens (including phenoxy) is 1. The monoisotopic (exact) mass is 206 g/mol. The Labute approximate surface area is 83.4 Å². The molecule has 4 heteroatoms. The van der Waals surface area contributed by atoms with Gasteiger partial charge in [-0.05, 0) is 31.4 Å². The van der Waals surface area contributed by atoms with E-state index in [9.17, 15) is 9.59 Å². The maximum Gasteiger partial charge on any atom is 0.320 e. The predicted molar refractivity (Wildman–Crippen MR) is 50.5 cm³/mol. The predicted octanol–water partition coefficient (Wildman–Crippen LogP) is 2.12. The van der Waals surface area contributed by atoms with Crippen molar-refractivity contribution in [3.05, 3.63) is 0 Å². The molecular formula is C9H15ClO3. The van der Waals surface area contributed by atoms with E-state index < -0.39 is 16.6 Å². The molecule has 0 fully saturated rings. The van der Waals surface area contributed by atoms with Crippen LogP contribution in [0.4, 0.5) is 0 Å². The first-order valence-corrected chi connectivity index (χ1v) is 4.80. The van der Waals surface area contributed by atoms with Crippen LogP contribution >= 0.6 is 11.6 Å². The molecule has 0 aromatic heterocycles. The number of hydrogen-bond acceptors (Lipinski definition) is 3. The third-order valence-corrected chi connectivity index (χ3v) is 2.61. The minimum atomic E-state index is -1.14. The molecule has 0 aromatic carbocycles. The standard InChI is InChI=1S/C9H15ClO3/c1-4-9(5-2,7(10)11)8(12)13-6-3/h4-6H2,1-3H3. The molecule has 0 rings (SSSR count). The highest BCUT2D eigenvalue weighted by molar-refractivity contribution is 6.66. The second kappa shape index (κ2) is 5.22. The van der Waals surface area contributed by atoms with E-state index >= 15 is 0 Å². The normalized spacial score (nSPS) is 11.1. The van der Waals surface area contributed by atoms with Gasteiger partial charge in [-0.15, -0.1) is 0 Å². The minimum absolute atomic E-state index is 0.269.